The Morgan fingerprint density at radius 2 is 1.97 bits per heavy atom. The van der Waals surface area contributed by atoms with Crippen LogP contribution in [0.3, 0.4) is 0 Å². The molecular weight excluding hydrogens is 449 g/mol. The molecule has 10 heteroatoms. The maximum absolute atomic E-state index is 14.6. The van der Waals surface area contributed by atoms with Gasteiger partial charge < -0.3 is 20.6 Å². The van der Waals surface area contributed by atoms with E-state index in [2.05, 4.69) is 15.6 Å². The fraction of sp³-hybridized carbons (Fsp3) is 0.261. The summed E-state index contributed by atoms with van der Waals surface area (Å²) < 4.78 is 16.0. The van der Waals surface area contributed by atoms with Crippen LogP contribution in [0.2, 0.25) is 5.02 Å². The van der Waals surface area contributed by atoms with Crippen molar-refractivity contribution < 1.29 is 14.3 Å². The van der Waals surface area contributed by atoms with Gasteiger partial charge in [-0.1, -0.05) is 11.6 Å². The molecule has 0 bridgehead atoms. The van der Waals surface area contributed by atoms with Crippen LogP contribution in [0.4, 0.5) is 21.6 Å². The highest BCUT2D eigenvalue weighted by Crippen LogP contribution is 2.32. The average molecular weight is 474 g/mol. The number of aliphatic hydroxyl groups is 1. The van der Waals surface area contributed by atoms with Crippen molar-refractivity contribution >= 4 is 34.7 Å². The Morgan fingerprint density at radius 3 is 2.64 bits per heavy atom. The maximum Gasteiger partial charge on any atom is 0.259 e. The summed E-state index contributed by atoms with van der Waals surface area (Å²) in [5.41, 5.74) is 0.904. The summed E-state index contributed by atoms with van der Waals surface area (Å²) in [7, 11) is 5.11. The molecule has 0 aliphatic heterocycles. The second-order valence-electron chi connectivity index (χ2n) is 7.78. The topological polar surface area (TPSA) is 99.5 Å². The van der Waals surface area contributed by atoms with E-state index in [1.165, 1.54) is 41.2 Å². The number of nitrogens with zero attached hydrogens (tertiary/aromatic N) is 3. The predicted octanol–water partition coefficient (Wildman–Crippen LogP) is 3.16. The predicted molar refractivity (Wildman–Crippen MR) is 128 cm³/mol. The molecule has 0 aliphatic carbocycles. The van der Waals surface area contributed by atoms with Gasteiger partial charge in [-0.3, -0.25) is 19.1 Å². The summed E-state index contributed by atoms with van der Waals surface area (Å²) >= 11 is 6.05. The molecule has 0 fully saturated rings. The molecule has 0 radical (unpaired) electrons. The molecule has 1 atom stereocenters. The third-order valence-corrected chi connectivity index (χ3v) is 5.25. The lowest BCUT2D eigenvalue weighted by Crippen LogP contribution is -2.35. The van der Waals surface area contributed by atoms with Gasteiger partial charge in [0.1, 0.15) is 11.6 Å². The van der Waals surface area contributed by atoms with Gasteiger partial charge in [-0.2, -0.15) is 0 Å². The van der Waals surface area contributed by atoms with Gasteiger partial charge in [0.15, 0.2) is 0 Å². The van der Waals surface area contributed by atoms with Gasteiger partial charge in [0.05, 0.1) is 29.1 Å². The number of aliphatic hydroxyl groups excluding tert-OH is 1. The largest absolute Gasteiger partial charge is 0.394 e. The van der Waals surface area contributed by atoms with Gasteiger partial charge in [-0.15, -0.1) is 0 Å². The lowest BCUT2D eigenvalue weighted by Gasteiger charge is -2.24. The molecule has 0 saturated carbocycles. The number of carbonyl (C=O) groups is 1. The first-order valence-electron chi connectivity index (χ1n) is 10.1. The molecule has 174 valence electrons. The molecular formula is C23H25ClFN5O3. The van der Waals surface area contributed by atoms with Crippen LogP contribution in [0.5, 0.6) is 0 Å². The van der Waals surface area contributed by atoms with Crippen molar-refractivity contribution in [3.63, 3.8) is 0 Å². The molecule has 8 nitrogen and oxygen atoms in total. The maximum atomic E-state index is 14.6. The van der Waals surface area contributed by atoms with Crippen molar-refractivity contribution in [1.29, 1.82) is 0 Å². The lowest BCUT2D eigenvalue weighted by molar-refractivity contribution is 0.0923. The number of halogens is 2. The van der Waals surface area contributed by atoms with E-state index in [1.807, 2.05) is 0 Å². The molecule has 1 aromatic carbocycles. The van der Waals surface area contributed by atoms with E-state index in [-0.39, 0.29) is 23.3 Å². The number of aromatic nitrogens is 2. The van der Waals surface area contributed by atoms with Gasteiger partial charge in [0, 0.05) is 50.2 Å². The number of pyridine rings is 2. The summed E-state index contributed by atoms with van der Waals surface area (Å²) in [4.78, 5) is 31.6. The van der Waals surface area contributed by atoms with Crippen molar-refractivity contribution in [1.82, 2.24) is 14.9 Å². The summed E-state index contributed by atoms with van der Waals surface area (Å²) in [6, 6.07) is 6.71. The smallest absolute Gasteiger partial charge is 0.259 e. The Labute approximate surface area is 195 Å². The summed E-state index contributed by atoms with van der Waals surface area (Å²) in [5, 5.41) is 15.4. The Bertz CT molecular complexity index is 1250. The molecule has 2 heterocycles. The molecule has 0 saturated heterocycles. The van der Waals surface area contributed by atoms with Crippen molar-refractivity contribution in [2.24, 2.45) is 7.05 Å². The number of anilines is 3. The van der Waals surface area contributed by atoms with Crippen molar-refractivity contribution in [2.45, 2.75) is 13.0 Å². The zero-order valence-electron chi connectivity index (χ0n) is 18.7. The standard InChI is InChI=1S/C23H25ClFN5O3/c1-13(12-31)27-21(32)17-11-26-8-7-19(17)28-20-10-16(15-9-14(24)5-6-18(15)25)23(33)30(4)22(20)29(2)3/h5-11,13,31H,12H2,1-4H3,(H,26,28)(H,27,32)/t13-/m0/s1. The number of rotatable bonds is 7. The normalized spacial score (nSPS) is 11.7. The number of amides is 1. The van der Waals surface area contributed by atoms with Crippen molar-refractivity contribution in [2.75, 3.05) is 30.9 Å². The van der Waals surface area contributed by atoms with Crippen molar-refractivity contribution in [3.8, 4) is 11.1 Å². The molecule has 3 N–H and O–H groups in total. The monoisotopic (exact) mass is 473 g/mol. The van der Waals surface area contributed by atoms with Gasteiger partial charge >= 0.3 is 0 Å². The molecule has 0 spiro atoms. The first-order chi connectivity index (χ1) is 15.6. The molecule has 2 aromatic heterocycles. The van der Waals surface area contributed by atoms with Crippen LogP contribution < -0.4 is 21.1 Å². The third-order valence-electron chi connectivity index (χ3n) is 5.01. The Hall–Kier alpha value is -3.43. The second-order valence-corrected chi connectivity index (χ2v) is 8.22. The summed E-state index contributed by atoms with van der Waals surface area (Å²) in [5.74, 6) is -0.496. The fourth-order valence-electron chi connectivity index (χ4n) is 3.43. The Morgan fingerprint density at radius 1 is 1.24 bits per heavy atom. The quantitative estimate of drug-likeness (QED) is 0.487. The van der Waals surface area contributed by atoms with Gasteiger partial charge in [-0.05, 0) is 37.3 Å². The molecule has 0 aliphatic rings. The number of hydrogen-bond donors (Lipinski definition) is 3. The van der Waals surface area contributed by atoms with E-state index in [0.29, 0.717) is 22.2 Å². The zero-order chi connectivity index (χ0) is 24.3. The molecule has 1 amide bonds. The highest BCUT2D eigenvalue weighted by Gasteiger charge is 2.20. The molecule has 3 rings (SSSR count). The van der Waals surface area contributed by atoms with Crippen LogP contribution >= 0.6 is 11.6 Å². The van der Waals surface area contributed by atoms with E-state index < -0.39 is 23.3 Å². The van der Waals surface area contributed by atoms with Crippen LogP contribution in [0.25, 0.3) is 11.1 Å². The van der Waals surface area contributed by atoms with E-state index in [4.69, 9.17) is 11.6 Å². The number of hydrogen-bond acceptors (Lipinski definition) is 6. The highest BCUT2D eigenvalue weighted by molar-refractivity contribution is 6.30. The minimum atomic E-state index is -0.581. The number of benzene rings is 1. The number of carbonyl (C=O) groups excluding carboxylic acids is 1. The third kappa shape index (κ3) is 5.15. The molecule has 3 aromatic rings. The van der Waals surface area contributed by atoms with E-state index in [9.17, 15) is 19.1 Å². The Kier molecular flexibility index (Phi) is 7.35. The minimum Gasteiger partial charge on any atom is -0.394 e. The van der Waals surface area contributed by atoms with Crippen LogP contribution in [0.15, 0.2) is 47.5 Å². The van der Waals surface area contributed by atoms with Crippen LogP contribution in [-0.2, 0) is 7.05 Å². The van der Waals surface area contributed by atoms with Crippen LogP contribution in [0.1, 0.15) is 17.3 Å². The zero-order valence-corrected chi connectivity index (χ0v) is 19.4. The first kappa shape index (κ1) is 24.2. The van der Waals surface area contributed by atoms with E-state index >= 15 is 0 Å². The van der Waals surface area contributed by atoms with E-state index in [0.717, 1.165) is 0 Å². The van der Waals surface area contributed by atoms with Gasteiger partial charge in [-0.25, -0.2) is 4.39 Å². The van der Waals surface area contributed by atoms with E-state index in [1.54, 1.807) is 39.0 Å². The van der Waals surface area contributed by atoms with Gasteiger partial charge in [0.25, 0.3) is 11.5 Å². The molecule has 33 heavy (non-hydrogen) atoms. The van der Waals surface area contributed by atoms with Crippen LogP contribution in [-0.4, -0.2) is 47.3 Å². The lowest BCUT2D eigenvalue weighted by atomic mass is 10.1. The average Bonchev–Trinajstić information content (AvgIpc) is 2.77. The summed E-state index contributed by atoms with van der Waals surface area (Å²) in [6.45, 7) is 1.46. The number of nitrogens with one attached hydrogen (secondary N) is 2. The van der Waals surface area contributed by atoms with Crippen molar-refractivity contribution in [3.05, 3.63) is 69.5 Å². The fourth-order valence-corrected chi connectivity index (χ4v) is 3.61. The van der Waals surface area contributed by atoms with Crippen LogP contribution in [0, 0.1) is 5.82 Å². The molecule has 0 unspecified atom stereocenters. The highest BCUT2D eigenvalue weighted by atomic mass is 35.5. The Balaban J connectivity index is 2.16. The van der Waals surface area contributed by atoms with Gasteiger partial charge in [0.2, 0.25) is 0 Å². The summed E-state index contributed by atoms with van der Waals surface area (Å²) in [6.07, 6.45) is 2.92. The SMILES string of the molecule is C[C@@H](CO)NC(=O)c1cnccc1Nc1cc(-c2cc(Cl)ccc2F)c(=O)n(C)c1N(C)C. The first-order valence-corrected chi connectivity index (χ1v) is 10.5. The minimum absolute atomic E-state index is 0.0703. The second kappa shape index (κ2) is 10.0.